The Morgan fingerprint density at radius 2 is 2.00 bits per heavy atom. The zero-order chi connectivity index (χ0) is 10.7. The molecule has 0 atom stereocenters. The molecule has 0 spiro atoms. The zero-order valence-corrected chi connectivity index (χ0v) is 9.20. The van der Waals surface area contributed by atoms with Crippen LogP contribution in [0.3, 0.4) is 0 Å². The first-order valence-electron chi connectivity index (χ1n) is 4.86. The van der Waals surface area contributed by atoms with E-state index in [0.29, 0.717) is 5.15 Å². The minimum Gasteiger partial charge on any atom is -0.261 e. The lowest BCUT2D eigenvalue weighted by molar-refractivity contribution is 1.04. The van der Waals surface area contributed by atoms with Gasteiger partial charge in [-0.15, -0.1) is 0 Å². The lowest BCUT2D eigenvalue weighted by atomic mass is 10.1. The minimum atomic E-state index is 0.517. The summed E-state index contributed by atoms with van der Waals surface area (Å²) in [6.45, 7) is 2.09. The zero-order valence-electron chi connectivity index (χ0n) is 8.44. The summed E-state index contributed by atoms with van der Waals surface area (Å²) in [6.07, 6.45) is 4.54. The molecule has 0 aliphatic rings. The van der Waals surface area contributed by atoms with E-state index in [1.54, 1.807) is 12.3 Å². The van der Waals surface area contributed by atoms with Crippen LogP contribution < -0.4 is 0 Å². The van der Waals surface area contributed by atoms with Gasteiger partial charge in [-0.25, -0.2) is 4.98 Å². The Kier molecular flexibility index (Phi) is 2.97. The normalized spacial score (nSPS) is 10.3. The summed E-state index contributed by atoms with van der Waals surface area (Å²) in [5.74, 6) is 0. The Morgan fingerprint density at radius 3 is 2.67 bits per heavy atom. The third-order valence-electron chi connectivity index (χ3n) is 2.24. The fraction of sp³-hybridized carbons (Fsp3) is 0.167. The molecule has 0 N–H and O–H groups in total. The van der Waals surface area contributed by atoms with Crippen LogP contribution in [0, 0.1) is 0 Å². The predicted molar refractivity (Wildman–Crippen MR) is 61.9 cm³/mol. The van der Waals surface area contributed by atoms with Gasteiger partial charge in [-0.05, 0) is 36.2 Å². The minimum absolute atomic E-state index is 0.517. The smallest absolute Gasteiger partial charge is 0.129 e. The van der Waals surface area contributed by atoms with Gasteiger partial charge in [0.25, 0.3) is 0 Å². The molecule has 0 saturated heterocycles. The molecular formula is C12H11ClN2. The first kappa shape index (κ1) is 10.1. The van der Waals surface area contributed by atoms with Gasteiger partial charge in [0.2, 0.25) is 0 Å². The molecule has 2 rings (SSSR count). The highest BCUT2D eigenvalue weighted by molar-refractivity contribution is 6.29. The van der Waals surface area contributed by atoms with E-state index in [0.717, 1.165) is 23.2 Å². The molecule has 0 fully saturated rings. The average molecular weight is 219 g/mol. The Bertz CT molecular complexity index is 451. The number of hydrogen-bond acceptors (Lipinski definition) is 2. The molecule has 0 aliphatic heterocycles. The van der Waals surface area contributed by atoms with Gasteiger partial charge in [0, 0.05) is 23.7 Å². The number of aromatic nitrogens is 2. The van der Waals surface area contributed by atoms with Crippen LogP contribution >= 0.6 is 11.6 Å². The van der Waals surface area contributed by atoms with Gasteiger partial charge in [0.05, 0.1) is 0 Å². The molecule has 0 aromatic carbocycles. The lowest BCUT2D eigenvalue weighted by Crippen LogP contribution is -1.87. The average Bonchev–Trinajstić information content (AvgIpc) is 2.30. The van der Waals surface area contributed by atoms with Crippen LogP contribution in [0.15, 0.2) is 36.7 Å². The van der Waals surface area contributed by atoms with Crippen LogP contribution in [0.5, 0.6) is 0 Å². The standard InChI is InChI=1S/C12H11ClN2/c1-2-11-7-9(5-6-14-11)10-3-4-12(13)15-8-10/h3-8H,2H2,1H3. The molecule has 15 heavy (non-hydrogen) atoms. The van der Waals surface area contributed by atoms with Gasteiger partial charge in [-0.3, -0.25) is 4.98 Å². The van der Waals surface area contributed by atoms with E-state index in [4.69, 9.17) is 11.6 Å². The lowest BCUT2D eigenvalue weighted by Gasteiger charge is -2.02. The van der Waals surface area contributed by atoms with Crippen molar-refractivity contribution in [1.29, 1.82) is 0 Å². The maximum atomic E-state index is 5.73. The second kappa shape index (κ2) is 4.41. The van der Waals surface area contributed by atoms with Crippen LogP contribution in [0.25, 0.3) is 11.1 Å². The molecule has 2 nitrogen and oxygen atoms in total. The van der Waals surface area contributed by atoms with Crippen molar-refractivity contribution in [3.63, 3.8) is 0 Å². The highest BCUT2D eigenvalue weighted by Crippen LogP contribution is 2.19. The second-order valence-corrected chi connectivity index (χ2v) is 3.65. The van der Waals surface area contributed by atoms with E-state index < -0.39 is 0 Å². The first-order valence-corrected chi connectivity index (χ1v) is 5.24. The monoisotopic (exact) mass is 218 g/mol. The molecule has 2 aromatic rings. The molecule has 0 aliphatic carbocycles. The highest BCUT2D eigenvalue weighted by Gasteiger charge is 1.99. The van der Waals surface area contributed by atoms with Gasteiger partial charge in [0.1, 0.15) is 5.15 Å². The molecule has 2 heterocycles. The first-order chi connectivity index (χ1) is 7.29. The summed E-state index contributed by atoms with van der Waals surface area (Å²) < 4.78 is 0. The molecule has 0 radical (unpaired) electrons. The summed E-state index contributed by atoms with van der Waals surface area (Å²) in [5.41, 5.74) is 3.28. The molecule has 0 bridgehead atoms. The topological polar surface area (TPSA) is 25.8 Å². The van der Waals surface area contributed by atoms with Gasteiger partial charge in [-0.1, -0.05) is 18.5 Å². The third kappa shape index (κ3) is 2.34. The molecule has 3 heteroatoms. The second-order valence-electron chi connectivity index (χ2n) is 3.26. The Morgan fingerprint density at radius 1 is 1.13 bits per heavy atom. The number of rotatable bonds is 2. The number of halogens is 1. The predicted octanol–water partition coefficient (Wildman–Crippen LogP) is 3.36. The number of nitrogens with zero attached hydrogens (tertiary/aromatic N) is 2. The number of aryl methyl sites for hydroxylation is 1. The van der Waals surface area contributed by atoms with E-state index >= 15 is 0 Å². The summed E-state index contributed by atoms with van der Waals surface area (Å²) in [7, 11) is 0. The van der Waals surface area contributed by atoms with Crippen LogP contribution in [-0.2, 0) is 6.42 Å². The molecule has 0 saturated carbocycles. The fourth-order valence-corrected chi connectivity index (χ4v) is 1.51. The highest BCUT2D eigenvalue weighted by atomic mass is 35.5. The van der Waals surface area contributed by atoms with Gasteiger partial charge >= 0.3 is 0 Å². The van der Waals surface area contributed by atoms with E-state index in [1.165, 1.54) is 0 Å². The van der Waals surface area contributed by atoms with Gasteiger partial charge in [0.15, 0.2) is 0 Å². The van der Waals surface area contributed by atoms with Crippen molar-refractivity contribution in [2.24, 2.45) is 0 Å². The van der Waals surface area contributed by atoms with Crippen molar-refractivity contribution in [1.82, 2.24) is 9.97 Å². The van der Waals surface area contributed by atoms with Crippen molar-refractivity contribution in [2.45, 2.75) is 13.3 Å². The molecular weight excluding hydrogens is 208 g/mol. The molecule has 76 valence electrons. The van der Waals surface area contributed by atoms with E-state index in [1.807, 2.05) is 18.3 Å². The van der Waals surface area contributed by atoms with Crippen molar-refractivity contribution in [3.05, 3.63) is 47.5 Å². The van der Waals surface area contributed by atoms with Crippen LogP contribution in [0.2, 0.25) is 5.15 Å². The largest absolute Gasteiger partial charge is 0.261 e. The summed E-state index contributed by atoms with van der Waals surface area (Å²) in [6, 6.07) is 7.81. The molecule has 0 amide bonds. The fourth-order valence-electron chi connectivity index (χ4n) is 1.40. The van der Waals surface area contributed by atoms with E-state index in [-0.39, 0.29) is 0 Å². The summed E-state index contributed by atoms with van der Waals surface area (Å²) in [5, 5.41) is 0.517. The molecule has 0 unspecified atom stereocenters. The SMILES string of the molecule is CCc1cc(-c2ccc(Cl)nc2)ccn1. The van der Waals surface area contributed by atoms with E-state index in [9.17, 15) is 0 Å². The van der Waals surface area contributed by atoms with Gasteiger partial charge in [-0.2, -0.15) is 0 Å². The third-order valence-corrected chi connectivity index (χ3v) is 2.46. The Hall–Kier alpha value is -1.41. The Labute approximate surface area is 94.0 Å². The van der Waals surface area contributed by atoms with Gasteiger partial charge < -0.3 is 0 Å². The van der Waals surface area contributed by atoms with Crippen molar-refractivity contribution in [2.75, 3.05) is 0 Å². The van der Waals surface area contributed by atoms with Crippen molar-refractivity contribution >= 4 is 11.6 Å². The van der Waals surface area contributed by atoms with Crippen LogP contribution in [0.1, 0.15) is 12.6 Å². The van der Waals surface area contributed by atoms with E-state index in [2.05, 4.69) is 23.0 Å². The molecule has 2 aromatic heterocycles. The van der Waals surface area contributed by atoms with Crippen LogP contribution in [-0.4, -0.2) is 9.97 Å². The Balaban J connectivity index is 2.40. The number of hydrogen-bond donors (Lipinski definition) is 0. The number of pyridine rings is 2. The maximum absolute atomic E-state index is 5.73. The van der Waals surface area contributed by atoms with Crippen LogP contribution in [0.4, 0.5) is 0 Å². The summed E-state index contributed by atoms with van der Waals surface area (Å²) in [4.78, 5) is 8.31. The quantitative estimate of drug-likeness (QED) is 0.723. The maximum Gasteiger partial charge on any atom is 0.129 e. The van der Waals surface area contributed by atoms with Crippen molar-refractivity contribution < 1.29 is 0 Å². The summed E-state index contributed by atoms with van der Waals surface area (Å²) >= 11 is 5.73. The van der Waals surface area contributed by atoms with Crippen molar-refractivity contribution in [3.8, 4) is 11.1 Å².